The highest BCUT2D eigenvalue weighted by Crippen LogP contribution is 2.22. The zero-order chi connectivity index (χ0) is 10.7. The van der Waals surface area contributed by atoms with E-state index in [9.17, 15) is 10.1 Å². The molecule has 0 aliphatic heterocycles. The Hall–Kier alpha value is -1.01. The topological polar surface area (TPSA) is 76.3 Å². The molecule has 0 bridgehead atoms. The van der Waals surface area contributed by atoms with Crippen LogP contribution in [0.15, 0.2) is 16.7 Å². The Morgan fingerprint density at radius 3 is 2.93 bits per heavy atom. The number of aliphatic hydroxyl groups is 1. The fourth-order valence-corrected chi connectivity index (χ4v) is 1.37. The molecule has 0 saturated heterocycles. The summed E-state index contributed by atoms with van der Waals surface area (Å²) >= 11 is 3.10. The van der Waals surface area contributed by atoms with Crippen LogP contribution in [0.25, 0.3) is 0 Å². The third-order valence-corrected chi connectivity index (χ3v) is 2.03. The van der Waals surface area contributed by atoms with Gasteiger partial charge in [-0.2, -0.15) is 0 Å². The second-order valence-electron chi connectivity index (χ2n) is 2.93. The Kier molecular flexibility index (Phi) is 3.54. The Labute approximate surface area is 89.1 Å². The lowest BCUT2D eigenvalue weighted by molar-refractivity contribution is -0.386. The second-order valence-corrected chi connectivity index (χ2v) is 3.85. The molecule has 0 aromatic carbocycles. The average molecular weight is 261 g/mol. The van der Waals surface area contributed by atoms with Gasteiger partial charge in [-0.05, 0) is 22.9 Å². The molecule has 0 amide bonds. The van der Waals surface area contributed by atoms with Crippen LogP contribution < -0.4 is 0 Å². The summed E-state index contributed by atoms with van der Waals surface area (Å²) < 4.78 is 0.554. The highest BCUT2D eigenvalue weighted by molar-refractivity contribution is 9.10. The summed E-state index contributed by atoms with van der Waals surface area (Å²) in [6.45, 7) is 1.56. The van der Waals surface area contributed by atoms with Crippen LogP contribution in [0.5, 0.6) is 0 Å². The van der Waals surface area contributed by atoms with Gasteiger partial charge in [0, 0.05) is 23.2 Å². The number of rotatable bonds is 3. The molecule has 1 aromatic heterocycles. The van der Waals surface area contributed by atoms with Crippen molar-refractivity contribution in [2.75, 3.05) is 0 Å². The van der Waals surface area contributed by atoms with Gasteiger partial charge in [-0.25, -0.2) is 0 Å². The molecule has 0 radical (unpaired) electrons. The summed E-state index contributed by atoms with van der Waals surface area (Å²) in [5.74, 6) is 0. The van der Waals surface area contributed by atoms with Gasteiger partial charge in [0.15, 0.2) is 0 Å². The van der Waals surface area contributed by atoms with Crippen molar-refractivity contribution in [2.24, 2.45) is 0 Å². The number of halogens is 1. The molecule has 1 N–H and O–H groups in total. The minimum absolute atomic E-state index is 0.0692. The zero-order valence-corrected chi connectivity index (χ0v) is 9.06. The van der Waals surface area contributed by atoms with Crippen LogP contribution in [-0.2, 0) is 6.42 Å². The Morgan fingerprint density at radius 1 is 1.79 bits per heavy atom. The summed E-state index contributed by atoms with van der Waals surface area (Å²) in [5, 5.41) is 19.7. The minimum atomic E-state index is -0.637. The first kappa shape index (κ1) is 11.1. The fourth-order valence-electron chi connectivity index (χ4n) is 1.05. The number of aromatic nitrogens is 1. The molecule has 0 saturated carbocycles. The van der Waals surface area contributed by atoms with Crippen LogP contribution in [0, 0.1) is 10.1 Å². The van der Waals surface area contributed by atoms with Crippen molar-refractivity contribution in [3.63, 3.8) is 0 Å². The number of nitrogens with zero attached hydrogens (tertiary/aromatic N) is 2. The van der Waals surface area contributed by atoms with Gasteiger partial charge in [-0.15, -0.1) is 0 Å². The zero-order valence-electron chi connectivity index (χ0n) is 7.48. The smallest absolute Gasteiger partial charge is 0.291 e. The van der Waals surface area contributed by atoms with E-state index in [1.807, 2.05) is 0 Å². The Balaban J connectivity index is 3.08. The lowest BCUT2D eigenvalue weighted by Gasteiger charge is -2.04. The van der Waals surface area contributed by atoms with Gasteiger partial charge < -0.3 is 5.11 Å². The van der Waals surface area contributed by atoms with E-state index < -0.39 is 11.0 Å². The molecule has 76 valence electrons. The van der Waals surface area contributed by atoms with Crippen LogP contribution >= 0.6 is 15.9 Å². The molecule has 1 heterocycles. The van der Waals surface area contributed by atoms with Gasteiger partial charge in [-0.1, -0.05) is 0 Å². The maximum atomic E-state index is 10.6. The van der Waals surface area contributed by atoms with Crippen molar-refractivity contribution in [3.8, 4) is 0 Å². The lowest BCUT2D eigenvalue weighted by Crippen LogP contribution is -2.08. The summed E-state index contributed by atoms with van der Waals surface area (Å²) in [4.78, 5) is 14.0. The predicted molar refractivity (Wildman–Crippen MR) is 54.0 cm³/mol. The van der Waals surface area contributed by atoms with Gasteiger partial charge in [0.2, 0.25) is 0 Å². The first-order valence-electron chi connectivity index (χ1n) is 3.97. The van der Waals surface area contributed by atoms with Crippen molar-refractivity contribution in [3.05, 3.63) is 32.5 Å². The van der Waals surface area contributed by atoms with E-state index in [1.165, 1.54) is 12.3 Å². The van der Waals surface area contributed by atoms with Crippen LogP contribution in [0.1, 0.15) is 12.6 Å². The standard InChI is InChI=1S/C8H9BrN2O3/c1-5(12)2-7-8(11(13)14)3-6(9)4-10-7/h3-5,12H,2H2,1H3/t5-/m0/s1. The Bertz CT molecular complexity index is 354. The third-order valence-electron chi connectivity index (χ3n) is 1.60. The summed E-state index contributed by atoms with van der Waals surface area (Å²) in [6.07, 6.45) is 1.02. The minimum Gasteiger partial charge on any atom is -0.393 e. The molecular formula is C8H9BrN2O3. The van der Waals surface area contributed by atoms with Crippen LogP contribution in [0.3, 0.4) is 0 Å². The molecular weight excluding hydrogens is 252 g/mol. The summed E-state index contributed by atoms with van der Waals surface area (Å²) in [7, 11) is 0. The maximum Gasteiger partial charge on any atom is 0.291 e. The number of hydrogen-bond donors (Lipinski definition) is 1. The van der Waals surface area contributed by atoms with E-state index in [0.29, 0.717) is 10.2 Å². The first-order chi connectivity index (χ1) is 6.50. The molecule has 0 fully saturated rings. The number of pyridine rings is 1. The maximum absolute atomic E-state index is 10.6. The van der Waals surface area contributed by atoms with E-state index in [2.05, 4.69) is 20.9 Å². The van der Waals surface area contributed by atoms with Crippen molar-refractivity contribution in [1.82, 2.24) is 4.98 Å². The molecule has 1 aromatic rings. The molecule has 0 aliphatic carbocycles. The van der Waals surface area contributed by atoms with E-state index in [4.69, 9.17) is 5.11 Å². The molecule has 1 atom stereocenters. The second kappa shape index (κ2) is 4.47. The SMILES string of the molecule is C[C@H](O)Cc1ncc(Br)cc1[N+](=O)[O-]. The summed E-state index contributed by atoms with van der Waals surface area (Å²) in [6, 6.07) is 1.38. The van der Waals surface area contributed by atoms with Crippen LogP contribution in [0.2, 0.25) is 0 Å². The number of nitro groups is 1. The quantitative estimate of drug-likeness (QED) is 0.663. The van der Waals surface area contributed by atoms with Crippen LogP contribution in [-0.4, -0.2) is 21.1 Å². The van der Waals surface area contributed by atoms with Gasteiger partial charge >= 0.3 is 0 Å². The highest BCUT2D eigenvalue weighted by Gasteiger charge is 2.16. The van der Waals surface area contributed by atoms with Crippen molar-refractivity contribution in [1.29, 1.82) is 0 Å². The van der Waals surface area contributed by atoms with Crippen molar-refractivity contribution in [2.45, 2.75) is 19.4 Å². The van der Waals surface area contributed by atoms with Crippen molar-refractivity contribution >= 4 is 21.6 Å². The van der Waals surface area contributed by atoms with Gasteiger partial charge in [0.25, 0.3) is 5.69 Å². The lowest BCUT2D eigenvalue weighted by atomic mass is 10.2. The van der Waals surface area contributed by atoms with E-state index in [-0.39, 0.29) is 12.1 Å². The monoisotopic (exact) mass is 260 g/mol. The third kappa shape index (κ3) is 2.74. The number of aliphatic hydroxyl groups excluding tert-OH is 1. The molecule has 0 unspecified atom stereocenters. The van der Waals surface area contributed by atoms with E-state index in [1.54, 1.807) is 6.92 Å². The largest absolute Gasteiger partial charge is 0.393 e. The molecule has 0 aliphatic rings. The summed E-state index contributed by atoms with van der Waals surface area (Å²) in [5.41, 5.74) is 0.230. The fraction of sp³-hybridized carbons (Fsp3) is 0.375. The average Bonchev–Trinajstić information content (AvgIpc) is 2.07. The highest BCUT2D eigenvalue weighted by atomic mass is 79.9. The molecule has 6 heteroatoms. The first-order valence-corrected chi connectivity index (χ1v) is 4.77. The van der Waals surface area contributed by atoms with Gasteiger partial charge in [0.05, 0.1) is 11.0 Å². The Morgan fingerprint density at radius 2 is 2.43 bits per heavy atom. The molecule has 1 rings (SSSR count). The molecule has 0 spiro atoms. The van der Waals surface area contributed by atoms with E-state index in [0.717, 1.165) is 0 Å². The van der Waals surface area contributed by atoms with Gasteiger partial charge in [-0.3, -0.25) is 15.1 Å². The molecule has 5 nitrogen and oxygen atoms in total. The molecule has 14 heavy (non-hydrogen) atoms. The normalized spacial score (nSPS) is 12.5. The number of hydrogen-bond acceptors (Lipinski definition) is 4. The predicted octanol–water partition coefficient (Wildman–Crippen LogP) is 1.68. The van der Waals surface area contributed by atoms with Crippen LogP contribution in [0.4, 0.5) is 5.69 Å². The van der Waals surface area contributed by atoms with Gasteiger partial charge in [0.1, 0.15) is 5.69 Å². The van der Waals surface area contributed by atoms with Crippen molar-refractivity contribution < 1.29 is 10.0 Å². The van der Waals surface area contributed by atoms with E-state index >= 15 is 0 Å².